The number of halogens is 1. The molecule has 0 aliphatic carbocycles. The van der Waals surface area contributed by atoms with Crippen LogP contribution in [0.4, 0.5) is 5.69 Å². The number of hydrazone groups is 1. The summed E-state index contributed by atoms with van der Waals surface area (Å²) < 4.78 is 0. The summed E-state index contributed by atoms with van der Waals surface area (Å²) >= 11 is 6.04. The summed E-state index contributed by atoms with van der Waals surface area (Å²) in [5.74, 6) is -2.47. The predicted octanol–water partition coefficient (Wildman–Crippen LogP) is 4.72. The Bertz CT molecular complexity index is 1430. The molecule has 4 atom stereocenters. The van der Waals surface area contributed by atoms with Crippen LogP contribution in [0.2, 0.25) is 5.02 Å². The fourth-order valence-electron chi connectivity index (χ4n) is 5.75. The van der Waals surface area contributed by atoms with Gasteiger partial charge in [0.1, 0.15) is 6.04 Å². The van der Waals surface area contributed by atoms with Gasteiger partial charge < -0.3 is 0 Å². The van der Waals surface area contributed by atoms with Crippen LogP contribution < -0.4 is 4.90 Å². The minimum Gasteiger partial charge on any atom is -0.292 e. The molecule has 4 unspecified atom stereocenters. The Morgan fingerprint density at radius 3 is 2.37 bits per heavy atom. The van der Waals surface area contributed by atoms with Crippen LogP contribution in [0.15, 0.2) is 71.8 Å². The number of nitrogens with zero attached hydrogens (tertiary/aromatic N) is 3. The molecule has 3 heterocycles. The Morgan fingerprint density at radius 2 is 1.63 bits per heavy atom. The second-order valence-electron chi connectivity index (χ2n) is 9.37. The Kier molecular flexibility index (Phi) is 4.90. The van der Waals surface area contributed by atoms with Gasteiger partial charge in [0.15, 0.2) is 5.78 Å². The monoisotopic (exact) mass is 483 g/mol. The van der Waals surface area contributed by atoms with Crippen molar-refractivity contribution >= 4 is 41.1 Å². The van der Waals surface area contributed by atoms with Crippen molar-refractivity contribution in [2.75, 3.05) is 4.90 Å². The number of benzene rings is 3. The maximum Gasteiger partial charge on any atom is 0.240 e. The molecule has 3 aliphatic heterocycles. The third kappa shape index (κ3) is 3.17. The third-order valence-corrected chi connectivity index (χ3v) is 7.54. The molecular weight excluding hydrogens is 462 g/mol. The molecule has 0 spiro atoms. The highest BCUT2D eigenvalue weighted by molar-refractivity contribution is 6.30. The first-order valence-electron chi connectivity index (χ1n) is 11.5. The molecule has 3 aromatic rings. The number of carbonyl (C=O) groups excluding carboxylic acids is 3. The minimum absolute atomic E-state index is 0.251. The number of rotatable bonds is 3. The second-order valence-corrected chi connectivity index (χ2v) is 9.80. The van der Waals surface area contributed by atoms with Crippen molar-refractivity contribution in [3.05, 3.63) is 99.6 Å². The maximum atomic E-state index is 13.9. The van der Waals surface area contributed by atoms with E-state index in [9.17, 15) is 14.4 Å². The van der Waals surface area contributed by atoms with Gasteiger partial charge in [-0.2, -0.15) is 5.10 Å². The summed E-state index contributed by atoms with van der Waals surface area (Å²) in [5.41, 5.74) is 4.66. The van der Waals surface area contributed by atoms with Gasteiger partial charge in [-0.3, -0.25) is 19.4 Å². The third-order valence-electron chi connectivity index (χ3n) is 7.28. The van der Waals surface area contributed by atoms with Crippen LogP contribution in [0, 0.1) is 25.7 Å². The summed E-state index contributed by atoms with van der Waals surface area (Å²) in [6.45, 7) is 3.86. The number of hydrogen-bond donors (Lipinski definition) is 0. The fourth-order valence-corrected chi connectivity index (χ4v) is 5.87. The van der Waals surface area contributed by atoms with E-state index >= 15 is 0 Å². The van der Waals surface area contributed by atoms with Crippen molar-refractivity contribution in [2.45, 2.75) is 25.9 Å². The van der Waals surface area contributed by atoms with Crippen molar-refractivity contribution in [3.8, 4) is 0 Å². The highest BCUT2D eigenvalue weighted by Gasteiger charge is 2.65. The Labute approximate surface area is 207 Å². The van der Waals surface area contributed by atoms with E-state index in [2.05, 4.69) is 5.10 Å². The topological polar surface area (TPSA) is 70.1 Å². The average Bonchev–Trinajstić information content (AvgIpc) is 3.32. The summed E-state index contributed by atoms with van der Waals surface area (Å²) in [6, 6.07) is 18.5. The first kappa shape index (κ1) is 21.7. The number of fused-ring (bicyclic) bond motifs is 5. The van der Waals surface area contributed by atoms with Crippen LogP contribution >= 0.6 is 11.6 Å². The molecule has 0 N–H and O–H groups in total. The van der Waals surface area contributed by atoms with Crippen molar-refractivity contribution in [3.63, 3.8) is 0 Å². The van der Waals surface area contributed by atoms with E-state index in [1.807, 2.05) is 56.3 Å². The van der Waals surface area contributed by atoms with Crippen LogP contribution in [0.5, 0.6) is 0 Å². The van der Waals surface area contributed by atoms with Crippen LogP contribution in [-0.4, -0.2) is 34.9 Å². The number of anilines is 1. The molecule has 35 heavy (non-hydrogen) atoms. The number of Topliss-reactive ketones (excluding diaryl/α,β-unsaturated/α-hetero) is 1. The number of carbonyl (C=O) groups is 3. The zero-order chi connectivity index (χ0) is 24.4. The van der Waals surface area contributed by atoms with Gasteiger partial charge in [-0.05, 0) is 60.9 Å². The zero-order valence-electron chi connectivity index (χ0n) is 19.2. The number of hydrogen-bond acceptors (Lipinski definition) is 5. The minimum atomic E-state index is -0.900. The lowest BCUT2D eigenvalue weighted by Crippen LogP contribution is -2.44. The molecule has 0 saturated carbocycles. The van der Waals surface area contributed by atoms with Gasteiger partial charge in [0.05, 0.1) is 29.8 Å². The van der Waals surface area contributed by atoms with Gasteiger partial charge in [-0.15, -0.1) is 0 Å². The Balaban J connectivity index is 1.50. The van der Waals surface area contributed by atoms with E-state index in [4.69, 9.17) is 11.6 Å². The van der Waals surface area contributed by atoms with Crippen LogP contribution in [0.3, 0.4) is 0 Å². The van der Waals surface area contributed by atoms with Crippen LogP contribution in [-0.2, 0) is 9.59 Å². The lowest BCUT2D eigenvalue weighted by molar-refractivity contribution is -0.124. The van der Waals surface area contributed by atoms with Gasteiger partial charge in [-0.25, -0.2) is 4.90 Å². The Morgan fingerprint density at radius 1 is 0.914 bits per heavy atom. The number of imide groups is 1. The molecule has 0 aromatic heterocycles. The summed E-state index contributed by atoms with van der Waals surface area (Å²) in [7, 11) is 0. The highest BCUT2D eigenvalue weighted by Crippen LogP contribution is 2.53. The molecular formula is C28H22ClN3O3. The van der Waals surface area contributed by atoms with Crippen molar-refractivity contribution in [1.82, 2.24) is 5.01 Å². The SMILES string of the molecule is Cc1ccc(N2C(=O)C3C(C2=O)C2c4ccccc4C=NN2C3C(=O)c2ccc(Cl)cc2)c(C)c1. The molecule has 2 saturated heterocycles. The van der Waals surface area contributed by atoms with E-state index in [0.717, 1.165) is 22.3 Å². The standard InChI is InChI=1S/C28H22ClN3O3/c1-15-7-12-21(16(2)13-15)31-27(34)22-23(28(31)35)25(26(33)17-8-10-19(29)11-9-17)32-24(22)20-6-4-3-5-18(20)14-30-32/h3-14,22-25H,1-2H3. The molecule has 3 aromatic carbocycles. The van der Waals surface area contributed by atoms with Crippen LogP contribution in [0.1, 0.15) is 38.7 Å². The van der Waals surface area contributed by atoms with Gasteiger partial charge in [0, 0.05) is 10.6 Å². The number of aryl methyl sites for hydroxylation is 2. The molecule has 3 aliphatic rings. The zero-order valence-corrected chi connectivity index (χ0v) is 19.9. The summed E-state index contributed by atoms with van der Waals surface area (Å²) in [6.07, 6.45) is 1.70. The van der Waals surface area contributed by atoms with Gasteiger partial charge >= 0.3 is 0 Å². The molecule has 0 bridgehead atoms. The molecule has 2 amide bonds. The Hall–Kier alpha value is -3.77. The smallest absolute Gasteiger partial charge is 0.240 e. The average molecular weight is 484 g/mol. The molecule has 6 nitrogen and oxygen atoms in total. The van der Waals surface area contributed by atoms with E-state index < -0.39 is 23.9 Å². The number of amides is 2. The quantitative estimate of drug-likeness (QED) is 0.399. The van der Waals surface area contributed by atoms with E-state index in [-0.39, 0.29) is 17.6 Å². The van der Waals surface area contributed by atoms with Crippen molar-refractivity contribution < 1.29 is 14.4 Å². The molecule has 174 valence electrons. The van der Waals surface area contributed by atoms with Crippen LogP contribution in [0.25, 0.3) is 0 Å². The lowest BCUT2D eigenvalue weighted by Gasteiger charge is -2.34. The van der Waals surface area contributed by atoms with E-state index in [0.29, 0.717) is 16.3 Å². The fraction of sp³-hybridized carbons (Fsp3) is 0.214. The first-order chi connectivity index (χ1) is 16.9. The van der Waals surface area contributed by atoms with Crippen molar-refractivity contribution in [1.29, 1.82) is 0 Å². The van der Waals surface area contributed by atoms with Gasteiger partial charge in [-0.1, -0.05) is 53.6 Å². The van der Waals surface area contributed by atoms with Gasteiger partial charge in [0.2, 0.25) is 11.8 Å². The molecule has 0 radical (unpaired) electrons. The van der Waals surface area contributed by atoms with E-state index in [1.165, 1.54) is 4.90 Å². The normalized spacial score (nSPS) is 24.4. The molecule has 6 rings (SSSR count). The molecule has 7 heteroatoms. The second kappa shape index (κ2) is 7.89. The largest absolute Gasteiger partial charge is 0.292 e. The lowest BCUT2D eigenvalue weighted by atomic mass is 9.83. The van der Waals surface area contributed by atoms with E-state index in [1.54, 1.807) is 35.5 Å². The molecule has 2 fully saturated rings. The predicted molar refractivity (Wildman–Crippen MR) is 134 cm³/mol. The summed E-state index contributed by atoms with van der Waals surface area (Å²) in [4.78, 5) is 43.0. The highest BCUT2D eigenvalue weighted by atomic mass is 35.5. The summed E-state index contributed by atoms with van der Waals surface area (Å²) in [5, 5.41) is 6.78. The first-order valence-corrected chi connectivity index (χ1v) is 11.9. The van der Waals surface area contributed by atoms with Gasteiger partial charge in [0.25, 0.3) is 0 Å². The van der Waals surface area contributed by atoms with Crippen molar-refractivity contribution in [2.24, 2.45) is 16.9 Å². The number of ketones is 1. The maximum absolute atomic E-state index is 13.9.